The van der Waals surface area contributed by atoms with Crippen LogP contribution in [0.3, 0.4) is 0 Å². The third-order valence-corrected chi connectivity index (χ3v) is 5.07. The van der Waals surface area contributed by atoms with E-state index in [1.807, 2.05) is 30.3 Å². The standard InChI is InChI=1S/C23H20F3N7O2/c1-13(2)20-16(12-28-33(20)19-9-8-15(11-27-19)23(24,25)26)21(34)31-32-22(35)18-10-17(29-30-18)14-6-4-3-5-7-14/h3-13H,1-2H3,(H,29,30)(H,31,34)(H,32,35). The molecule has 0 aliphatic carbocycles. The molecule has 4 rings (SSSR count). The lowest BCUT2D eigenvalue weighted by molar-refractivity contribution is -0.137. The van der Waals surface area contributed by atoms with Gasteiger partial charge in [-0.05, 0) is 24.1 Å². The van der Waals surface area contributed by atoms with Crippen molar-refractivity contribution in [3.63, 3.8) is 0 Å². The van der Waals surface area contributed by atoms with Crippen molar-refractivity contribution in [1.82, 2.24) is 35.8 Å². The zero-order chi connectivity index (χ0) is 25.2. The number of halogens is 3. The zero-order valence-electron chi connectivity index (χ0n) is 18.6. The Labute approximate surface area is 197 Å². The highest BCUT2D eigenvalue weighted by molar-refractivity contribution is 5.99. The van der Waals surface area contributed by atoms with Crippen molar-refractivity contribution in [3.05, 3.63) is 83.4 Å². The van der Waals surface area contributed by atoms with E-state index in [1.165, 1.54) is 16.9 Å². The van der Waals surface area contributed by atoms with Gasteiger partial charge in [0.25, 0.3) is 11.8 Å². The highest BCUT2D eigenvalue weighted by Gasteiger charge is 2.31. The Morgan fingerprint density at radius 1 is 1.00 bits per heavy atom. The first-order chi connectivity index (χ1) is 16.6. The van der Waals surface area contributed by atoms with E-state index in [0.29, 0.717) is 17.6 Å². The zero-order valence-corrected chi connectivity index (χ0v) is 18.6. The Bertz CT molecular complexity index is 1340. The second-order valence-electron chi connectivity index (χ2n) is 7.85. The number of nitrogens with one attached hydrogen (secondary N) is 3. The van der Waals surface area contributed by atoms with E-state index < -0.39 is 23.6 Å². The smallest absolute Gasteiger partial charge is 0.272 e. The maximum absolute atomic E-state index is 12.8. The number of hydrazine groups is 1. The van der Waals surface area contributed by atoms with Crippen molar-refractivity contribution in [3.8, 4) is 17.1 Å². The number of aromatic nitrogens is 5. The number of alkyl halides is 3. The number of rotatable bonds is 5. The van der Waals surface area contributed by atoms with Crippen molar-refractivity contribution in [1.29, 1.82) is 0 Å². The number of hydrogen-bond donors (Lipinski definition) is 3. The summed E-state index contributed by atoms with van der Waals surface area (Å²) in [5, 5.41) is 10.8. The fraction of sp³-hybridized carbons (Fsp3) is 0.174. The summed E-state index contributed by atoms with van der Waals surface area (Å²) in [4.78, 5) is 29.1. The summed E-state index contributed by atoms with van der Waals surface area (Å²) in [7, 11) is 0. The number of hydrogen-bond acceptors (Lipinski definition) is 5. The van der Waals surface area contributed by atoms with Crippen LogP contribution in [0.1, 0.15) is 51.9 Å². The Morgan fingerprint density at radius 3 is 2.34 bits per heavy atom. The van der Waals surface area contributed by atoms with Crippen LogP contribution in [0, 0.1) is 0 Å². The normalized spacial score (nSPS) is 11.5. The molecular formula is C23H20F3N7O2. The number of nitrogens with zero attached hydrogens (tertiary/aromatic N) is 4. The molecular weight excluding hydrogens is 463 g/mol. The molecule has 0 radical (unpaired) electrons. The molecule has 0 atom stereocenters. The fourth-order valence-electron chi connectivity index (χ4n) is 3.39. The maximum atomic E-state index is 12.8. The second-order valence-corrected chi connectivity index (χ2v) is 7.85. The summed E-state index contributed by atoms with van der Waals surface area (Å²) in [6.07, 6.45) is -2.55. The first-order valence-electron chi connectivity index (χ1n) is 10.5. The van der Waals surface area contributed by atoms with Gasteiger partial charge in [-0.3, -0.25) is 25.5 Å². The molecule has 0 unspecified atom stereocenters. The number of amides is 2. The molecule has 3 N–H and O–H groups in total. The van der Waals surface area contributed by atoms with E-state index in [9.17, 15) is 22.8 Å². The first kappa shape index (κ1) is 23.7. The minimum atomic E-state index is -4.52. The SMILES string of the molecule is CC(C)c1c(C(=O)NNC(=O)c2cc(-c3ccccc3)n[nH]2)cnn1-c1ccc(C(F)(F)F)cn1. The Balaban J connectivity index is 1.49. The van der Waals surface area contributed by atoms with Crippen LogP contribution < -0.4 is 10.9 Å². The summed E-state index contributed by atoms with van der Waals surface area (Å²) in [6.45, 7) is 3.59. The Hall–Kier alpha value is -4.48. The van der Waals surface area contributed by atoms with Gasteiger partial charge in [0.1, 0.15) is 5.69 Å². The molecule has 12 heteroatoms. The van der Waals surface area contributed by atoms with E-state index in [1.54, 1.807) is 19.9 Å². The molecule has 0 spiro atoms. The summed E-state index contributed by atoms with van der Waals surface area (Å²) in [5.74, 6) is -1.38. The van der Waals surface area contributed by atoms with Crippen LogP contribution in [0.2, 0.25) is 0 Å². The van der Waals surface area contributed by atoms with Crippen molar-refractivity contribution in [2.75, 3.05) is 0 Å². The van der Waals surface area contributed by atoms with Gasteiger partial charge < -0.3 is 0 Å². The van der Waals surface area contributed by atoms with Gasteiger partial charge in [0, 0.05) is 11.8 Å². The molecule has 9 nitrogen and oxygen atoms in total. The molecule has 0 saturated heterocycles. The molecule has 0 bridgehead atoms. The van der Waals surface area contributed by atoms with Gasteiger partial charge in [-0.2, -0.15) is 23.4 Å². The lowest BCUT2D eigenvalue weighted by Crippen LogP contribution is -2.42. The van der Waals surface area contributed by atoms with Crippen molar-refractivity contribution in [2.24, 2.45) is 0 Å². The predicted molar refractivity (Wildman–Crippen MR) is 119 cm³/mol. The molecule has 0 saturated carbocycles. The lowest BCUT2D eigenvalue weighted by atomic mass is 10.1. The van der Waals surface area contributed by atoms with E-state index in [-0.39, 0.29) is 23.0 Å². The summed E-state index contributed by atoms with van der Waals surface area (Å²) in [5.41, 5.74) is 5.81. The van der Waals surface area contributed by atoms with Gasteiger partial charge in [-0.1, -0.05) is 44.2 Å². The lowest BCUT2D eigenvalue weighted by Gasteiger charge is -2.13. The van der Waals surface area contributed by atoms with E-state index in [2.05, 4.69) is 31.1 Å². The molecule has 0 aliphatic rings. The highest BCUT2D eigenvalue weighted by Crippen LogP contribution is 2.29. The largest absolute Gasteiger partial charge is 0.417 e. The van der Waals surface area contributed by atoms with E-state index >= 15 is 0 Å². The average Bonchev–Trinajstić information content (AvgIpc) is 3.50. The third kappa shape index (κ3) is 5.05. The van der Waals surface area contributed by atoms with Gasteiger partial charge in [0.2, 0.25) is 0 Å². The van der Waals surface area contributed by atoms with Crippen LogP contribution in [0.4, 0.5) is 13.2 Å². The number of aromatic amines is 1. The molecule has 3 aromatic heterocycles. The Kier molecular flexibility index (Phi) is 6.36. The minimum Gasteiger partial charge on any atom is -0.272 e. The third-order valence-electron chi connectivity index (χ3n) is 5.07. The van der Waals surface area contributed by atoms with E-state index in [0.717, 1.165) is 11.6 Å². The van der Waals surface area contributed by atoms with Gasteiger partial charge in [0.05, 0.1) is 28.7 Å². The molecule has 2 amide bonds. The monoisotopic (exact) mass is 483 g/mol. The molecule has 35 heavy (non-hydrogen) atoms. The van der Waals surface area contributed by atoms with Crippen LogP contribution in [0.25, 0.3) is 17.1 Å². The maximum Gasteiger partial charge on any atom is 0.417 e. The molecule has 180 valence electrons. The number of carbonyl (C=O) groups is 2. The van der Waals surface area contributed by atoms with Gasteiger partial charge in [-0.15, -0.1) is 0 Å². The van der Waals surface area contributed by atoms with Gasteiger partial charge >= 0.3 is 6.18 Å². The van der Waals surface area contributed by atoms with Gasteiger partial charge in [0.15, 0.2) is 5.82 Å². The fourth-order valence-corrected chi connectivity index (χ4v) is 3.39. The molecule has 0 aliphatic heterocycles. The summed E-state index contributed by atoms with van der Waals surface area (Å²) < 4.78 is 39.8. The highest BCUT2D eigenvalue weighted by atomic mass is 19.4. The quantitative estimate of drug-likeness (QED) is 0.373. The predicted octanol–water partition coefficient (Wildman–Crippen LogP) is 3.87. The van der Waals surface area contributed by atoms with Gasteiger partial charge in [-0.25, -0.2) is 9.67 Å². The van der Waals surface area contributed by atoms with Crippen LogP contribution in [0.15, 0.2) is 60.9 Å². The van der Waals surface area contributed by atoms with Crippen molar-refractivity contribution >= 4 is 11.8 Å². The molecule has 4 aromatic rings. The van der Waals surface area contributed by atoms with Crippen molar-refractivity contribution < 1.29 is 22.8 Å². The Morgan fingerprint density at radius 2 is 1.71 bits per heavy atom. The molecule has 3 heterocycles. The molecule has 0 fully saturated rings. The average molecular weight is 483 g/mol. The minimum absolute atomic E-state index is 0.121. The first-order valence-corrected chi connectivity index (χ1v) is 10.5. The van der Waals surface area contributed by atoms with Crippen LogP contribution >= 0.6 is 0 Å². The van der Waals surface area contributed by atoms with Crippen LogP contribution in [-0.4, -0.2) is 36.8 Å². The summed E-state index contributed by atoms with van der Waals surface area (Å²) in [6, 6.07) is 12.8. The number of benzene rings is 1. The number of H-pyrrole nitrogens is 1. The number of pyridine rings is 1. The number of carbonyl (C=O) groups excluding carboxylic acids is 2. The topological polar surface area (TPSA) is 118 Å². The molecule has 1 aromatic carbocycles. The van der Waals surface area contributed by atoms with Crippen LogP contribution in [0.5, 0.6) is 0 Å². The second kappa shape index (κ2) is 9.41. The van der Waals surface area contributed by atoms with E-state index in [4.69, 9.17) is 0 Å². The van der Waals surface area contributed by atoms with Crippen molar-refractivity contribution in [2.45, 2.75) is 25.9 Å². The van der Waals surface area contributed by atoms with Crippen LogP contribution in [-0.2, 0) is 6.18 Å². The summed E-state index contributed by atoms with van der Waals surface area (Å²) >= 11 is 0.